The highest BCUT2D eigenvalue weighted by Gasteiger charge is 2.36. The standard InChI is InChI=1S/C9H7ClN2O4S.ClH/c10-17(15,16)5-4-12-8(13)6-2-1-3-11-7(6)9(12)14;/h1-3H,4-5H2;1H. The molecular weight excluding hydrogens is 303 g/mol. The van der Waals surface area contributed by atoms with Crippen molar-refractivity contribution in [2.24, 2.45) is 0 Å². The lowest BCUT2D eigenvalue weighted by Crippen LogP contribution is -2.33. The number of aromatic nitrogens is 1. The summed E-state index contributed by atoms with van der Waals surface area (Å²) in [5, 5.41) is 0. The highest BCUT2D eigenvalue weighted by molar-refractivity contribution is 8.13. The molecule has 2 heterocycles. The fourth-order valence-corrected chi connectivity index (χ4v) is 2.12. The van der Waals surface area contributed by atoms with E-state index in [4.69, 9.17) is 10.7 Å². The number of pyridine rings is 1. The van der Waals surface area contributed by atoms with Crippen LogP contribution in [0.25, 0.3) is 0 Å². The number of fused-ring (bicyclic) bond motifs is 1. The molecule has 1 aliphatic heterocycles. The summed E-state index contributed by atoms with van der Waals surface area (Å²) in [5.74, 6) is -1.61. The normalized spacial score (nSPS) is 14.4. The van der Waals surface area contributed by atoms with E-state index in [1.165, 1.54) is 18.3 Å². The van der Waals surface area contributed by atoms with Crippen molar-refractivity contribution < 1.29 is 18.0 Å². The van der Waals surface area contributed by atoms with Crippen LogP contribution in [0.3, 0.4) is 0 Å². The lowest BCUT2D eigenvalue weighted by molar-refractivity contribution is 0.0662. The molecule has 2 rings (SSSR count). The van der Waals surface area contributed by atoms with Gasteiger partial charge in [-0.3, -0.25) is 19.5 Å². The molecule has 0 saturated heterocycles. The van der Waals surface area contributed by atoms with Gasteiger partial charge in [-0.2, -0.15) is 0 Å². The lowest BCUT2D eigenvalue weighted by atomic mass is 10.2. The molecule has 0 radical (unpaired) electrons. The van der Waals surface area contributed by atoms with Gasteiger partial charge in [0.25, 0.3) is 11.8 Å². The zero-order chi connectivity index (χ0) is 12.6. The Labute approximate surface area is 114 Å². The minimum atomic E-state index is -3.74. The summed E-state index contributed by atoms with van der Waals surface area (Å²) in [4.78, 5) is 28.1. The van der Waals surface area contributed by atoms with Crippen molar-refractivity contribution in [1.29, 1.82) is 0 Å². The second-order valence-electron chi connectivity index (χ2n) is 3.40. The molecule has 0 aromatic carbocycles. The molecule has 0 unspecified atom stereocenters. The summed E-state index contributed by atoms with van der Waals surface area (Å²) in [7, 11) is 1.29. The van der Waals surface area contributed by atoms with Gasteiger partial charge >= 0.3 is 0 Å². The minimum absolute atomic E-state index is 0. The number of hydrogen-bond acceptors (Lipinski definition) is 5. The quantitative estimate of drug-likeness (QED) is 0.605. The Morgan fingerprint density at radius 1 is 1.28 bits per heavy atom. The Balaban J connectivity index is 0.00000162. The molecule has 0 saturated carbocycles. The molecule has 0 atom stereocenters. The SMILES string of the molecule is Cl.O=C1c2cccnc2C(=O)N1CCS(=O)(=O)Cl. The molecule has 0 spiro atoms. The van der Waals surface area contributed by atoms with E-state index in [0.29, 0.717) is 0 Å². The Hall–Kier alpha value is -1.18. The average Bonchev–Trinajstić information content (AvgIpc) is 2.49. The maximum Gasteiger partial charge on any atom is 0.280 e. The second-order valence-corrected chi connectivity index (χ2v) is 6.30. The number of carbonyl (C=O) groups is 2. The van der Waals surface area contributed by atoms with Gasteiger partial charge in [0.15, 0.2) is 0 Å². The van der Waals surface area contributed by atoms with Crippen molar-refractivity contribution in [3.63, 3.8) is 0 Å². The van der Waals surface area contributed by atoms with Gasteiger partial charge in [0.2, 0.25) is 9.05 Å². The fourth-order valence-electron chi connectivity index (χ4n) is 1.52. The van der Waals surface area contributed by atoms with E-state index < -0.39 is 26.6 Å². The van der Waals surface area contributed by atoms with Gasteiger partial charge in [0, 0.05) is 23.4 Å². The second kappa shape index (κ2) is 5.21. The van der Waals surface area contributed by atoms with Gasteiger partial charge in [0.1, 0.15) is 5.69 Å². The third kappa shape index (κ3) is 2.80. The van der Waals surface area contributed by atoms with Crippen molar-refractivity contribution in [3.8, 4) is 0 Å². The maximum absolute atomic E-state index is 11.8. The molecule has 1 aromatic rings. The highest BCUT2D eigenvalue weighted by Crippen LogP contribution is 2.20. The van der Waals surface area contributed by atoms with Gasteiger partial charge in [-0.25, -0.2) is 8.42 Å². The van der Waals surface area contributed by atoms with Crippen LogP contribution in [-0.4, -0.2) is 42.4 Å². The summed E-state index contributed by atoms with van der Waals surface area (Å²) >= 11 is 0. The van der Waals surface area contributed by atoms with Crippen LogP contribution < -0.4 is 0 Å². The average molecular weight is 311 g/mol. The Morgan fingerprint density at radius 2 is 1.94 bits per heavy atom. The van der Waals surface area contributed by atoms with E-state index in [9.17, 15) is 18.0 Å². The zero-order valence-corrected chi connectivity index (χ0v) is 11.3. The van der Waals surface area contributed by atoms with Crippen LogP contribution in [0, 0.1) is 0 Å². The lowest BCUT2D eigenvalue weighted by Gasteiger charge is -2.11. The Morgan fingerprint density at radius 3 is 2.50 bits per heavy atom. The van der Waals surface area contributed by atoms with Crippen LogP contribution in [0.2, 0.25) is 0 Å². The first-order chi connectivity index (χ1) is 7.90. The third-order valence-corrected chi connectivity index (χ3v) is 3.42. The molecule has 98 valence electrons. The first-order valence-corrected chi connectivity index (χ1v) is 7.11. The summed E-state index contributed by atoms with van der Waals surface area (Å²) in [6, 6.07) is 3.00. The van der Waals surface area contributed by atoms with Crippen LogP contribution in [0.15, 0.2) is 18.3 Å². The van der Waals surface area contributed by atoms with Gasteiger partial charge in [-0.05, 0) is 12.1 Å². The topological polar surface area (TPSA) is 84.4 Å². The predicted octanol–water partition coefficient (Wildman–Crippen LogP) is 0.668. The van der Waals surface area contributed by atoms with Crippen LogP contribution >= 0.6 is 23.1 Å². The van der Waals surface area contributed by atoms with E-state index in [0.717, 1.165) is 4.90 Å². The molecule has 2 amide bonds. The summed E-state index contributed by atoms with van der Waals surface area (Å²) in [6.45, 7) is -0.264. The molecule has 18 heavy (non-hydrogen) atoms. The first kappa shape index (κ1) is 14.9. The molecule has 6 nitrogen and oxygen atoms in total. The Kier molecular flexibility index (Phi) is 4.31. The molecule has 0 aliphatic carbocycles. The van der Waals surface area contributed by atoms with Crippen molar-refractivity contribution in [2.75, 3.05) is 12.3 Å². The number of amides is 2. The number of nitrogens with zero attached hydrogens (tertiary/aromatic N) is 2. The number of halogens is 2. The van der Waals surface area contributed by atoms with E-state index in [1.54, 1.807) is 0 Å². The van der Waals surface area contributed by atoms with Crippen molar-refractivity contribution >= 4 is 44.0 Å². The smallest absolute Gasteiger partial charge is 0.272 e. The number of imide groups is 1. The van der Waals surface area contributed by atoms with Crippen LogP contribution in [0.4, 0.5) is 0 Å². The van der Waals surface area contributed by atoms with Crippen molar-refractivity contribution in [2.45, 2.75) is 0 Å². The molecule has 0 N–H and O–H groups in total. The fraction of sp³-hybridized carbons (Fsp3) is 0.222. The summed E-state index contributed by atoms with van der Waals surface area (Å²) in [6.07, 6.45) is 1.39. The first-order valence-electron chi connectivity index (χ1n) is 4.64. The van der Waals surface area contributed by atoms with Crippen LogP contribution in [0.5, 0.6) is 0 Å². The van der Waals surface area contributed by atoms with E-state index in [-0.39, 0.29) is 30.2 Å². The van der Waals surface area contributed by atoms with Gasteiger partial charge < -0.3 is 0 Å². The Bertz CT molecular complexity index is 567. The number of carbonyl (C=O) groups excluding carboxylic acids is 2. The summed E-state index contributed by atoms with van der Waals surface area (Å²) < 4.78 is 21.5. The molecule has 0 fully saturated rings. The van der Waals surface area contributed by atoms with Crippen LogP contribution in [-0.2, 0) is 9.05 Å². The molecule has 0 bridgehead atoms. The monoisotopic (exact) mass is 310 g/mol. The molecule has 1 aromatic heterocycles. The van der Waals surface area contributed by atoms with Crippen molar-refractivity contribution in [1.82, 2.24) is 9.88 Å². The van der Waals surface area contributed by atoms with Crippen molar-refractivity contribution in [3.05, 3.63) is 29.6 Å². The third-order valence-electron chi connectivity index (χ3n) is 2.29. The van der Waals surface area contributed by atoms with Gasteiger partial charge in [0.05, 0.1) is 11.3 Å². The highest BCUT2D eigenvalue weighted by atomic mass is 35.7. The maximum atomic E-state index is 11.8. The largest absolute Gasteiger partial charge is 0.280 e. The zero-order valence-electron chi connectivity index (χ0n) is 8.87. The van der Waals surface area contributed by atoms with E-state index in [1.807, 2.05) is 0 Å². The number of hydrogen-bond donors (Lipinski definition) is 0. The van der Waals surface area contributed by atoms with Gasteiger partial charge in [-0.1, -0.05) is 0 Å². The summed E-state index contributed by atoms with van der Waals surface area (Å²) in [5.41, 5.74) is 0.231. The minimum Gasteiger partial charge on any atom is -0.272 e. The molecule has 9 heteroatoms. The predicted molar refractivity (Wildman–Crippen MR) is 66.5 cm³/mol. The van der Waals surface area contributed by atoms with E-state index in [2.05, 4.69) is 4.98 Å². The molecular formula is C9H8Cl2N2O4S. The number of rotatable bonds is 3. The van der Waals surface area contributed by atoms with Crippen LogP contribution in [0.1, 0.15) is 20.8 Å². The molecule has 1 aliphatic rings. The van der Waals surface area contributed by atoms with E-state index >= 15 is 0 Å². The van der Waals surface area contributed by atoms with Gasteiger partial charge in [-0.15, -0.1) is 12.4 Å².